The van der Waals surface area contributed by atoms with Crippen LogP contribution >= 0.6 is 0 Å². The van der Waals surface area contributed by atoms with E-state index in [1.165, 1.54) is 12.0 Å². The zero-order valence-electron chi connectivity index (χ0n) is 12.4. The summed E-state index contributed by atoms with van der Waals surface area (Å²) in [6, 6.07) is 8.58. The Hall–Kier alpha value is -0.940. The van der Waals surface area contributed by atoms with Crippen LogP contribution in [0.5, 0.6) is 0 Å². The van der Waals surface area contributed by atoms with Crippen LogP contribution in [0, 0.1) is 5.92 Å². The number of likely N-dealkylation sites (tertiary alicyclic amines) is 1. The lowest BCUT2D eigenvalue weighted by Gasteiger charge is -2.37. The molecule has 0 spiro atoms. The molecular weight excluding hydrogens is 266 g/mol. The summed E-state index contributed by atoms with van der Waals surface area (Å²) >= 11 is 0. The first-order chi connectivity index (χ1) is 10.3. The van der Waals surface area contributed by atoms with E-state index in [2.05, 4.69) is 17.0 Å². The van der Waals surface area contributed by atoms with Gasteiger partial charge >= 0.3 is 0 Å². The van der Waals surface area contributed by atoms with E-state index in [0.29, 0.717) is 19.3 Å². The van der Waals surface area contributed by atoms with Gasteiger partial charge in [0.1, 0.15) is 0 Å². The molecule has 116 valence electrons. The Bertz CT molecular complexity index is 448. The second kappa shape index (κ2) is 6.88. The zero-order chi connectivity index (χ0) is 14.7. The van der Waals surface area contributed by atoms with Crippen molar-refractivity contribution in [1.82, 2.24) is 4.90 Å². The van der Waals surface area contributed by atoms with Gasteiger partial charge < -0.3 is 14.9 Å². The molecule has 0 bridgehead atoms. The first-order valence-electron chi connectivity index (χ1n) is 7.96. The van der Waals surface area contributed by atoms with E-state index in [9.17, 15) is 5.11 Å². The molecule has 1 aromatic carbocycles. The molecule has 1 aromatic rings. The number of nitrogens with zero attached hydrogens (tertiary/aromatic N) is 1. The Labute approximate surface area is 126 Å². The normalized spacial score (nSPS) is 30.7. The molecule has 2 aliphatic heterocycles. The second-order valence-corrected chi connectivity index (χ2v) is 6.25. The van der Waals surface area contributed by atoms with Crippen molar-refractivity contribution in [2.24, 2.45) is 5.92 Å². The molecule has 4 heteroatoms. The van der Waals surface area contributed by atoms with Crippen molar-refractivity contribution in [3.8, 4) is 0 Å². The van der Waals surface area contributed by atoms with Gasteiger partial charge in [-0.05, 0) is 36.9 Å². The minimum absolute atomic E-state index is 0.0955. The molecule has 4 nitrogen and oxygen atoms in total. The Morgan fingerprint density at radius 2 is 1.90 bits per heavy atom. The molecule has 0 amide bonds. The number of benzene rings is 1. The van der Waals surface area contributed by atoms with Gasteiger partial charge in [-0.15, -0.1) is 0 Å². The van der Waals surface area contributed by atoms with Gasteiger partial charge in [-0.3, -0.25) is 4.90 Å². The Kier molecular flexibility index (Phi) is 4.91. The van der Waals surface area contributed by atoms with Crippen molar-refractivity contribution in [1.29, 1.82) is 0 Å². The Balaban J connectivity index is 1.65. The number of hydrogen-bond donors (Lipinski definition) is 2. The van der Waals surface area contributed by atoms with Crippen molar-refractivity contribution in [3.05, 3.63) is 35.4 Å². The summed E-state index contributed by atoms with van der Waals surface area (Å²) in [5.41, 5.74) is 2.22. The number of aliphatic hydroxyl groups is 2. The standard InChI is InChI=1S/C17H25NO3/c19-11-14-5-3-13(4-6-14)10-18-8-1-2-16(18)15-12-21-9-7-17(15)20/h3-6,15-17,19-20H,1-2,7-12H2/t15-,16+,17+/m0/s1. The molecule has 0 radical (unpaired) electrons. The van der Waals surface area contributed by atoms with Crippen molar-refractivity contribution < 1.29 is 14.9 Å². The van der Waals surface area contributed by atoms with Crippen LogP contribution in [0.4, 0.5) is 0 Å². The number of hydrogen-bond acceptors (Lipinski definition) is 4. The molecule has 3 atom stereocenters. The van der Waals surface area contributed by atoms with Gasteiger partial charge in [0.2, 0.25) is 0 Å². The summed E-state index contributed by atoms with van der Waals surface area (Å²) in [7, 11) is 0. The van der Waals surface area contributed by atoms with Crippen LogP contribution < -0.4 is 0 Å². The van der Waals surface area contributed by atoms with E-state index >= 15 is 0 Å². The Morgan fingerprint density at radius 1 is 1.14 bits per heavy atom. The molecule has 0 aromatic heterocycles. The van der Waals surface area contributed by atoms with E-state index in [1.54, 1.807) is 0 Å². The molecular formula is C17H25NO3. The van der Waals surface area contributed by atoms with Gasteiger partial charge in [0.05, 0.1) is 19.3 Å². The van der Waals surface area contributed by atoms with Crippen LogP contribution in [-0.4, -0.2) is 47.0 Å². The minimum Gasteiger partial charge on any atom is -0.393 e. The van der Waals surface area contributed by atoms with Crippen molar-refractivity contribution in [2.45, 2.75) is 44.6 Å². The lowest BCUT2D eigenvalue weighted by atomic mass is 9.89. The molecule has 2 N–H and O–H groups in total. The minimum atomic E-state index is -0.221. The molecule has 0 saturated carbocycles. The highest BCUT2D eigenvalue weighted by Gasteiger charge is 2.37. The smallest absolute Gasteiger partial charge is 0.0681 e. The predicted molar refractivity (Wildman–Crippen MR) is 80.7 cm³/mol. The summed E-state index contributed by atoms with van der Waals surface area (Å²) in [6.07, 6.45) is 2.89. The van der Waals surface area contributed by atoms with Crippen molar-refractivity contribution >= 4 is 0 Å². The summed E-state index contributed by atoms with van der Waals surface area (Å²) in [6.45, 7) is 3.48. The topological polar surface area (TPSA) is 52.9 Å². The lowest BCUT2D eigenvalue weighted by Crippen LogP contribution is -2.45. The summed E-state index contributed by atoms with van der Waals surface area (Å²) < 4.78 is 5.58. The maximum absolute atomic E-state index is 10.2. The van der Waals surface area contributed by atoms with E-state index in [4.69, 9.17) is 9.84 Å². The van der Waals surface area contributed by atoms with Gasteiger partial charge in [-0.2, -0.15) is 0 Å². The average Bonchev–Trinajstić information content (AvgIpc) is 2.96. The summed E-state index contributed by atoms with van der Waals surface area (Å²) in [5, 5.41) is 19.3. The highest BCUT2D eigenvalue weighted by atomic mass is 16.5. The predicted octanol–water partition coefficient (Wildman–Crippen LogP) is 1.54. The number of aliphatic hydroxyl groups excluding tert-OH is 2. The van der Waals surface area contributed by atoms with Gasteiger partial charge in [0.25, 0.3) is 0 Å². The van der Waals surface area contributed by atoms with Crippen LogP contribution in [0.1, 0.15) is 30.4 Å². The molecule has 0 unspecified atom stereocenters. The van der Waals surface area contributed by atoms with E-state index in [1.807, 2.05) is 12.1 Å². The van der Waals surface area contributed by atoms with Gasteiger partial charge in [-0.25, -0.2) is 0 Å². The maximum atomic E-state index is 10.2. The maximum Gasteiger partial charge on any atom is 0.0681 e. The van der Waals surface area contributed by atoms with Crippen LogP contribution in [0.25, 0.3) is 0 Å². The fourth-order valence-electron chi connectivity index (χ4n) is 3.63. The molecule has 2 aliphatic rings. The summed E-state index contributed by atoms with van der Waals surface area (Å²) in [5.74, 6) is 0.248. The van der Waals surface area contributed by atoms with Crippen LogP contribution in [0.2, 0.25) is 0 Å². The zero-order valence-corrected chi connectivity index (χ0v) is 12.4. The fraction of sp³-hybridized carbons (Fsp3) is 0.647. The molecule has 2 saturated heterocycles. The lowest BCUT2D eigenvalue weighted by molar-refractivity contribution is -0.0636. The largest absolute Gasteiger partial charge is 0.393 e. The highest BCUT2D eigenvalue weighted by Crippen LogP contribution is 2.30. The van der Waals surface area contributed by atoms with Crippen molar-refractivity contribution in [3.63, 3.8) is 0 Å². The van der Waals surface area contributed by atoms with E-state index in [0.717, 1.165) is 31.5 Å². The number of rotatable bonds is 4. The SMILES string of the molecule is OCc1ccc(CN2CCC[C@@H]2[C@@H]2COCC[C@H]2O)cc1. The number of ether oxygens (including phenoxy) is 1. The molecule has 3 rings (SSSR count). The van der Waals surface area contributed by atoms with Crippen molar-refractivity contribution in [2.75, 3.05) is 19.8 Å². The second-order valence-electron chi connectivity index (χ2n) is 6.25. The molecule has 2 heterocycles. The van der Waals surface area contributed by atoms with Crippen LogP contribution in [0.15, 0.2) is 24.3 Å². The summed E-state index contributed by atoms with van der Waals surface area (Å²) in [4.78, 5) is 2.48. The van der Waals surface area contributed by atoms with Gasteiger partial charge in [-0.1, -0.05) is 24.3 Å². The van der Waals surface area contributed by atoms with E-state index in [-0.39, 0.29) is 18.6 Å². The highest BCUT2D eigenvalue weighted by molar-refractivity contribution is 5.22. The molecule has 0 aliphatic carbocycles. The van der Waals surface area contributed by atoms with Crippen LogP contribution in [-0.2, 0) is 17.9 Å². The third kappa shape index (κ3) is 3.46. The fourth-order valence-corrected chi connectivity index (χ4v) is 3.63. The molecule has 2 fully saturated rings. The van der Waals surface area contributed by atoms with Gasteiger partial charge in [0, 0.05) is 25.1 Å². The third-order valence-corrected chi connectivity index (χ3v) is 4.86. The Morgan fingerprint density at radius 3 is 2.62 bits per heavy atom. The first kappa shape index (κ1) is 15.0. The van der Waals surface area contributed by atoms with Gasteiger partial charge in [0.15, 0.2) is 0 Å². The first-order valence-corrected chi connectivity index (χ1v) is 7.96. The quantitative estimate of drug-likeness (QED) is 0.883. The average molecular weight is 291 g/mol. The third-order valence-electron chi connectivity index (χ3n) is 4.86. The monoisotopic (exact) mass is 291 g/mol. The van der Waals surface area contributed by atoms with Crippen LogP contribution in [0.3, 0.4) is 0 Å². The molecule has 21 heavy (non-hydrogen) atoms. The van der Waals surface area contributed by atoms with E-state index < -0.39 is 0 Å².